The van der Waals surface area contributed by atoms with Gasteiger partial charge in [-0.25, -0.2) is 9.18 Å². The van der Waals surface area contributed by atoms with Gasteiger partial charge in [-0.15, -0.1) is 0 Å². The van der Waals surface area contributed by atoms with Gasteiger partial charge in [0.05, 0.1) is 12.1 Å². The predicted molar refractivity (Wildman–Crippen MR) is 104 cm³/mol. The standard InChI is InChI=1S/C21H26FN5O2/c1-2-16-11-25(21(29)26(16)10-13-4-3-5-15(22)6-13)12-18(24)20(28)27-17(9-23)7-14-8-19(14)27/h3-6,14,16-19H,2,7-8,10-12,24H2,1H3/t14-,16?,17?,18?,19?/m1/s1. The number of nitrogens with zero attached hydrogens (tertiary/aromatic N) is 4. The first-order valence-electron chi connectivity index (χ1n) is 10.2. The molecule has 0 spiro atoms. The van der Waals surface area contributed by atoms with E-state index in [1.54, 1.807) is 26.8 Å². The zero-order valence-corrected chi connectivity index (χ0v) is 16.5. The molecule has 1 aliphatic carbocycles. The number of halogens is 1. The Bertz CT molecular complexity index is 856. The van der Waals surface area contributed by atoms with Crippen LogP contribution in [0.15, 0.2) is 24.3 Å². The quantitative estimate of drug-likeness (QED) is 0.788. The molecular weight excluding hydrogens is 373 g/mol. The Labute approximate surface area is 169 Å². The zero-order chi connectivity index (χ0) is 20.7. The lowest BCUT2D eigenvalue weighted by atomic mass is 10.1. The molecule has 3 amide bonds. The third kappa shape index (κ3) is 3.67. The van der Waals surface area contributed by atoms with Crippen molar-refractivity contribution >= 4 is 11.9 Å². The van der Waals surface area contributed by atoms with Gasteiger partial charge in [-0.1, -0.05) is 19.1 Å². The van der Waals surface area contributed by atoms with Gasteiger partial charge >= 0.3 is 6.03 Å². The summed E-state index contributed by atoms with van der Waals surface area (Å²) in [5.41, 5.74) is 6.91. The number of hydrogen-bond donors (Lipinski definition) is 1. The van der Waals surface area contributed by atoms with E-state index in [1.807, 2.05) is 6.92 Å². The highest BCUT2D eigenvalue weighted by Gasteiger charge is 2.55. The van der Waals surface area contributed by atoms with Crippen molar-refractivity contribution < 1.29 is 14.0 Å². The van der Waals surface area contributed by atoms with E-state index < -0.39 is 12.1 Å². The number of carbonyl (C=O) groups excluding carboxylic acids is 2. The third-order valence-corrected chi connectivity index (χ3v) is 6.34. The number of likely N-dealkylation sites (tertiary alicyclic amines) is 1. The summed E-state index contributed by atoms with van der Waals surface area (Å²) in [5, 5.41) is 9.31. The number of fused-ring (bicyclic) bond motifs is 1. The molecule has 29 heavy (non-hydrogen) atoms. The maximum Gasteiger partial charge on any atom is 0.320 e. The number of urea groups is 1. The topological polar surface area (TPSA) is 93.7 Å². The minimum Gasteiger partial charge on any atom is -0.322 e. The molecule has 1 saturated carbocycles. The summed E-state index contributed by atoms with van der Waals surface area (Å²) in [4.78, 5) is 30.8. The number of benzene rings is 1. The second-order valence-corrected chi connectivity index (χ2v) is 8.30. The lowest BCUT2D eigenvalue weighted by molar-refractivity contribution is -0.133. The van der Waals surface area contributed by atoms with E-state index in [2.05, 4.69) is 6.07 Å². The number of rotatable bonds is 6. The maximum absolute atomic E-state index is 13.5. The first-order valence-corrected chi connectivity index (χ1v) is 10.2. The van der Waals surface area contributed by atoms with Crippen LogP contribution >= 0.6 is 0 Å². The number of amides is 3. The molecule has 0 aromatic heterocycles. The normalized spacial score (nSPS) is 29.0. The Kier molecular flexibility index (Phi) is 5.17. The Hall–Kier alpha value is -2.66. The van der Waals surface area contributed by atoms with Crippen LogP contribution in [0, 0.1) is 23.1 Å². The van der Waals surface area contributed by atoms with Crippen molar-refractivity contribution in [2.75, 3.05) is 13.1 Å². The fraction of sp³-hybridized carbons (Fsp3) is 0.571. The summed E-state index contributed by atoms with van der Waals surface area (Å²) >= 11 is 0. The van der Waals surface area contributed by atoms with Crippen LogP contribution in [0.5, 0.6) is 0 Å². The third-order valence-electron chi connectivity index (χ3n) is 6.34. The monoisotopic (exact) mass is 399 g/mol. The van der Waals surface area contributed by atoms with Crippen LogP contribution < -0.4 is 5.73 Å². The Morgan fingerprint density at radius 3 is 2.90 bits per heavy atom. The predicted octanol–water partition coefficient (Wildman–Crippen LogP) is 1.68. The van der Waals surface area contributed by atoms with Gasteiger partial charge in [-0.3, -0.25) is 4.79 Å². The number of nitrogens with two attached hydrogens (primary N) is 1. The maximum atomic E-state index is 13.5. The highest BCUT2D eigenvalue weighted by atomic mass is 19.1. The van der Waals surface area contributed by atoms with Gasteiger partial charge in [0, 0.05) is 25.7 Å². The fourth-order valence-corrected chi connectivity index (χ4v) is 4.70. The minimum absolute atomic E-state index is 0.0143. The largest absolute Gasteiger partial charge is 0.322 e. The van der Waals surface area contributed by atoms with E-state index >= 15 is 0 Å². The average Bonchev–Trinajstić information content (AvgIpc) is 3.28. The molecule has 0 radical (unpaired) electrons. The molecule has 4 rings (SSSR count). The Morgan fingerprint density at radius 2 is 2.21 bits per heavy atom. The van der Waals surface area contributed by atoms with Crippen LogP contribution in [0.25, 0.3) is 0 Å². The van der Waals surface area contributed by atoms with Crippen molar-refractivity contribution in [2.45, 2.75) is 56.9 Å². The lowest BCUT2D eigenvalue weighted by Gasteiger charge is -2.28. The van der Waals surface area contributed by atoms with Gasteiger partial charge in [0.2, 0.25) is 5.91 Å². The van der Waals surface area contributed by atoms with E-state index in [9.17, 15) is 19.2 Å². The minimum atomic E-state index is -0.847. The van der Waals surface area contributed by atoms with Gasteiger partial charge in [-0.05, 0) is 42.9 Å². The smallest absolute Gasteiger partial charge is 0.320 e. The molecule has 2 saturated heterocycles. The van der Waals surface area contributed by atoms with E-state index in [1.165, 1.54) is 12.1 Å². The van der Waals surface area contributed by atoms with E-state index in [0.29, 0.717) is 19.0 Å². The number of nitriles is 1. The van der Waals surface area contributed by atoms with Crippen LogP contribution in [0.1, 0.15) is 31.7 Å². The Morgan fingerprint density at radius 1 is 1.41 bits per heavy atom. The van der Waals surface area contributed by atoms with Gasteiger partial charge in [0.15, 0.2) is 0 Å². The number of piperidine rings is 1. The lowest BCUT2D eigenvalue weighted by Crippen LogP contribution is -2.52. The van der Waals surface area contributed by atoms with Crippen LogP contribution in [0.2, 0.25) is 0 Å². The van der Waals surface area contributed by atoms with Crippen LogP contribution in [-0.4, -0.2) is 63.9 Å². The first-order chi connectivity index (χ1) is 13.9. The molecule has 1 aromatic rings. The highest BCUT2D eigenvalue weighted by Crippen LogP contribution is 2.47. The van der Waals surface area contributed by atoms with Crippen molar-refractivity contribution in [3.8, 4) is 6.07 Å². The van der Waals surface area contributed by atoms with E-state index in [0.717, 1.165) is 24.8 Å². The molecule has 2 aliphatic heterocycles. The molecule has 154 valence electrons. The van der Waals surface area contributed by atoms with Crippen LogP contribution in [-0.2, 0) is 11.3 Å². The van der Waals surface area contributed by atoms with Gasteiger partial charge < -0.3 is 20.4 Å². The molecule has 3 aliphatic rings. The van der Waals surface area contributed by atoms with Crippen molar-refractivity contribution in [3.05, 3.63) is 35.6 Å². The summed E-state index contributed by atoms with van der Waals surface area (Å²) < 4.78 is 13.5. The van der Waals surface area contributed by atoms with Gasteiger partial charge in [0.1, 0.15) is 17.9 Å². The van der Waals surface area contributed by atoms with Crippen LogP contribution in [0.3, 0.4) is 0 Å². The zero-order valence-electron chi connectivity index (χ0n) is 16.5. The SMILES string of the molecule is CCC1CN(CC(N)C(=O)N2C(C#N)C[C@@H]3CC32)C(=O)N1Cc1cccc(F)c1. The average molecular weight is 399 g/mol. The highest BCUT2D eigenvalue weighted by molar-refractivity contribution is 5.85. The summed E-state index contributed by atoms with van der Waals surface area (Å²) in [6.45, 7) is 2.93. The molecule has 8 heteroatoms. The molecule has 1 aromatic carbocycles. The second kappa shape index (κ2) is 7.64. The molecule has 3 fully saturated rings. The molecule has 2 N–H and O–H groups in total. The van der Waals surface area contributed by atoms with Crippen molar-refractivity contribution in [1.82, 2.24) is 14.7 Å². The van der Waals surface area contributed by atoms with Crippen molar-refractivity contribution in [2.24, 2.45) is 11.7 Å². The van der Waals surface area contributed by atoms with Gasteiger partial charge in [-0.2, -0.15) is 5.26 Å². The number of carbonyl (C=O) groups is 2. The van der Waals surface area contributed by atoms with Gasteiger partial charge in [0.25, 0.3) is 0 Å². The Balaban J connectivity index is 1.41. The van der Waals surface area contributed by atoms with Crippen LogP contribution in [0.4, 0.5) is 9.18 Å². The second-order valence-electron chi connectivity index (χ2n) is 8.30. The molecule has 4 unspecified atom stereocenters. The fourth-order valence-electron chi connectivity index (χ4n) is 4.70. The summed E-state index contributed by atoms with van der Waals surface area (Å²) in [5.74, 6) is -0.149. The molecule has 5 atom stereocenters. The summed E-state index contributed by atoms with van der Waals surface area (Å²) in [6, 6.07) is 7.12. The summed E-state index contributed by atoms with van der Waals surface area (Å²) in [7, 11) is 0. The molecule has 7 nitrogen and oxygen atoms in total. The van der Waals surface area contributed by atoms with E-state index in [-0.39, 0.29) is 36.4 Å². The van der Waals surface area contributed by atoms with Crippen molar-refractivity contribution in [1.29, 1.82) is 5.26 Å². The summed E-state index contributed by atoms with van der Waals surface area (Å²) in [6.07, 6.45) is 2.42. The molecule has 2 heterocycles. The molecular formula is C21H26FN5O2. The molecule has 0 bridgehead atoms. The number of hydrogen-bond acceptors (Lipinski definition) is 4. The van der Waals surface area contributed by atoms with Crippen molar-refractivity contribution in [3.63, 3.8) is 0 Å². The first kappa shape index (κ1) is 19.6. The van der Waals surface area contributed by atoms with E-state index in [4.69, 9.17) is 5.73 Å².